The molecule has 0 spiro atoms. The number of unbranched alkanes of at least 4 members (excludes halogenated alkanes) is 1. The molecule has 2 aromatic rings. The first-order valence-corrected chi connectivity index (χ1v) is 9.32. The van der Waals surface area contributed by atoms with Crippen molar-refractivity contribution in [3.63, 3.8) is 0 Å². The molecule has 1 aromatic heterocycles. The highest BCUT2D eigenvalue weighted by atomic mass is 16.5. The highest BCUT2D eigenvalue weighted by Crippen LogP contribution is 2.19. The van der Waals surface area contributed by atoms with Crippen molar-refractivity contribution in [1.82, 2.24) is 15.4 Å². The van der Waals surface area contributed by atoms with Gasteiger partial charge in [-0.1, -0.05) is 55.3 Å². The van der Waals surface area contributed by atoms with Gasteiger partial charge < -0.3 is 9.84 Å². The summed E-state index contributed by atoms with van der Waals surface area (Å²) in [6.45, 7) is 5.15. The first-order valence-electron chi connectivity index (χ1n) is 9.32. The lowest BCUT2D eigenvalue weighted by atomic mass is 10.0. The number of nitrogens with zero attached hydrogens (tertiary/aromatic N) is 2. The van der Waals surface area contributed by atoms with Gasteiger partial charge in [0.15, 0.2) is 0 Å². The third-order valence-corrected chi connectivity index (χ3v) is 4.85. The van der Waals surface area contributed by atoms with Crippen molar-refractivity contribution in [1.29, 1.82) is 0 Å². The number of amides is 1. The maximum atomic E-state index is 12.4. The number of carbonyl (C=O) groups is 1. The first kappa shape index (κ1) is 17.7. The predicted molar refractivity (Wildman–Crippen MR) is 98.4 cm³/mol. The Bertz CT molecular complexity index is 669. The van der Waals surface area contributed by atoms with Gasteiger partial charge in [0.25, 0.3) is 5.91 Å². The van der Waals surface area contributed by atoms with Crippen LogP contribution in [-0.4, -0.2) is 41.6 Å². The fourth-order valence-electron chi connectivity index (χ4n) is 3.37. The molecule has 1 atom stereocenters. The molecular formula is C20H27N3O2. The zero-order valence-corrected chi connectivity index (χ0v) is 14.9. The summed E-state index contributed by atoms with van der Waals surface area (Å²) < 4.78 is 5.24. The van der Waals surface area contributed by atoms with Crippen molar-refractivity contribution >= 4 is 5.91 Å². The molecule has 5 nitrogen and oxygen atoms in total. The SMILES string of the molecule is CCCCN1CCCCC1CNC(=O)c1cc(-c2ccccc2)no1. The molecule has 134 valence electrons. The van der Waals surface area contributed by atoms with Crippen molar-refractivity contribution in [2.24, 2.45) is 0 Å². The molecule has 0 aliphatic carbocycles. The average Bonchev–Trinajstić information content (AvgIpc) is 3.16. The number of rotatable bonds is 7. The molecule has 1 amide bonds. The molecule has 0 bridgehead atoms. The molecular weight excluding hydrogens is 314 g/mol. The minimum absolute atomic E-state index is 0.185. The smallest absolute Gasteiger partial charge is 0.289 e. The van der Waals surface area contributed by atoms with Gasteiger partial charge in [-0.2, -0.15) is 0 Å². The van der Waals surface area contributed by atoms with Gasteiger partial charge in [-0.3, -0.25) is 9.69 Å². The van der Waals surface area contributed by atoms with E-state index >= 15 is 0 Å². The third-order valence-electron chi connectivity index (χ3n) is 4.85. The van der Waals surface area contributed by atoms with Crippen molar-refractivity contribution < 1.29 is 9.32 Å². The minimum atomic E-state index is -0.185. The lowest BCUT2D eigenvalue weighted by Gasteiger charge is -2.35. The van der Waals surface area contributed by atoms with Crippen LogP contribution < -0.4 is 5.32 Å². The summed E-state index contributed by atoms with van der Waals surface area (Å²) in [7, 11) is 0. The Morgan fingerprint density at radius 1 is 1.32 bits per heavy atom. The van der Waals surface area contributed by atoms with E-state index < -0.39 is 0 Å². The second-order valence-electron chi connectivity index (χ2n) is 6.69. The Kier molecular flexibility index (Phi) is 6.23. The summed E-state index contributed by atoms with van der Waals surface area (Å²) in [6, 6.07) is 11.9. The summed E-state index contributed by atoms with van der Waals surface area (Å²) in [5, 5.41) is 7.04. The van der Waals surface area contributed by atoms with Crippen LogP contribution in [0.4, 0.5) is 0 Å². The van der Waals surface area contributed by atoms with Crippen LogP contribution >= 0.6 is 0 Å². The molecule has 1 saturated heterocycles. The topological polar surface area (TPSA) is 58.4 Å². The number of piperidine rings is 1. The van der Waals surface area contributed by atoms with Crippen LogP contribution in [0.3, 0.4) is 0 Å². The van der Waals surface area contributed by atoms with Crippen LogP contribution in [0, 0.1) is 0 Å². The van der Waals surface area contributed by atoms with Crippen molar-refractivity contribution in [2.75, 3.05) is 19.6 Å². The van der Waals surface area contributed by atoms with E-state index in [1.165, 1.54) is 25.7 Å². The van der Waals surface area contributed by atoms with E-state index in [0.717, 1.165) is 25.1 Å². The van der Waals surface area contributed by atoms with Gasteiger partial charge in [0.2, 0.25) is 5.76 Å². The van der Waals surface area contributed by atoms with E-state index in [-0.39, 0.29) is 11.7 Å². The second-order valence-corrected chi connectivity index (χ2v) is 6.69. The molecule has 0 radical (unpaired) electrons. The van der Waals surface area contributed by atoms with Crippen LogP contribution in [0.1, 0.15) is 49.6 Å². The summed E-state index contributed by atoms with van der Waals surface area (Å²) in [5.74, 6) is 0.0884. The van der Waals surface area contributed by atoms with Crippen LogP contribution in [0.2, 0.25) is 0 Å². The Morgan fingerprint density at radius 3 is 2.96 bits per heavy atom. The summed E-state index contributed by atoms with van der Waals surface area (Å²) in [6.07, 6.45) is 6.07. The second kappa shape index (κ2) is 8.81. The zero-order valence-electron chi connectivity index (χ0n) is 14.9. The standard InChI is InChI=1S/C20H27N3O2/c1-2-3-12-23-13-8-7-11-17(23)15-21-20(24)19-14-18(22-25-19)16-9-5-4-6-10-16/h4-6,9-10,14,17H,2-3,7-8,11-13,15H2,1H3,(H,21,24). The van der Waals surface area contributed by atoms with Crippen LogP contribution in [0.15, 0.2) is 40.9 Å². The maximum Gasteiger partial charge on any atom is 0.289 e. The summed E-state index contributed by atoms with van der Waals surface area (Å²) in [5.41, 5.74) is 1.64. The molecule has 1 aliphatic heterocycles. The number of hydrogen-bond donors (Lipinski definition) is 1. The molecule has 1 aromatic carbocycles. The largest absolute Gasteiger partial charge is 0.350 e. The number of nitrogens with one attached hydrogen (secondary N) is 1. The molecule has 5 heteroatoms. The number of hydrogen-bond acceptors (Lipinski definition) is 4. The average molecular weight is 341 g/mol. The summed E-state index contributed by atoms with van der Waals surface area (Å²) >= 11 is 0. The minimum Gasteiger partial charge on any atom is -0.350 e. The van der Waals surface area contributed by atoms with E-state index in [1.54, 1.807) is 6.07 Å². The van der Waals surface area contributed by atoms with Crippen LogP contribution in [-0.2, 0) is 0 Å². The number of aromatic nitrogens is 1. The maximum absolute atomic E-state index is 12.4. The van der Waals surface area contributed by atoms with E-state index in [0.29, 0.717) is 18.3 Å². The lowest BCUT2D eigenvalue weighted by Crippen LogP contribution is -2.46. The van der Waals surface area contributed by atoms with Crippen LogP contribution in [0.5, 0.6) is 0 Å². The Labute approximate surface area is 149 Å². The molecule has 1 unspecified atom stereocenters. The monoisotopic (exact) mass is 341 g/mol. The van der Waals surface area contributed by atoms with E-state index in [2.05, 4.69) is 22.3 Å². The Morgan fingerprint density at radius 2 is 2.16 bits per heavy atom. The number of benzene rings is 1. The van der Waals surface area contributed by atoms with Gasteiger partial charge in [-0.05, 0) is 32.4 Å². The highest BCUT2D eigenvalue weighted by molar-refractivity contribution is 5.92. The molecule has 0 saturated carbocycles. The lowest BCUT2D eigenvalue weighted by molar-refractivity contribution is 0.0877. The van der Waals surface area contributed by atoms with Gasteiger partial charge in [0.1, 0.15) is 5.69 Å². The molecule has 3 rings (SSSR count). The predicted octanol–water partition coefficient (Wildman–Crippen LogP) is 3.73. The van der Waals surface area contributed by atoms with Crippen molar-refractivity contribution in [2.45, 2.75) is 45.1 Å². The van der Waals surface area contributed by atoms with Gasteiger partial charge in [-0.15, -0.1) is 0 Å². The fourth-order valence-corrected chi connectivity index (χ4v) is 3.37. The number of likely N-dealkylation sites (tertiary alicyclic amines) is 1. The highest BCUT2D eigenvalue weighted by Gasteiger charge is 2.23. The summed E-state index contributed by atoms with van der Waals surface area (Å²) in [4.78, 5) is 14.9. The van der Waals surface area contributed by atoms with E-state index in [1.807, 2.05) is 30.3 Å². The van der Waals surface area contributed by atoms with Gasteiger partial charge >= 0.3 is 0 Å². The molecule has 2 heterocycles. The van der Waals surface area contributed by atoms with Crippen LogP contribution in [0.25, 0.3) is 11.3 Å². The first-order chi connectivity index (χ1) is 12.3. The Balaban J connectivity index is 1.56. The third kappa shape index (κ3) is 4.69. The Hall–Kier alpha value is -2.14. The number of carbonyl (C=O) groups excluding carboxylic acids is 1. The molecule has 1 N–H and O–H groups in total. The van der Waals surface area contributed by atoms with Crippen molar-refractivity contribution in [3.8, 4) is 11.3 Å². The fraction of sp³-hybridized carbons (Fsp3) is 0.500. The molecule has 1 aliphatic rings. The van der Waals surface area contributed by atoms with Crippen molar-refractivity contribution in [3.05, 3.63) is 42.2 Å². The van der Waals surface area contributed by atoms with Gasteiger partial charge in [0, 0.05) is 24.2 Å². The molecule has 25 heavy (non-hydrogen) atoms. The quantitative estimate of drug-likeness (QED) is 0.834. The van der Waals surface area contributed by atoms with E-state index in [9.17, 15) is 4.79 Å². The zero-order chi connectivity index (χ0) is 17.5. The van der Waals surface area contributed by atoms with Gasteiger partial charge in [0.05, 0.1) is 0 Å². The molecule has 1 fully saturated rings. The normalized spacial score (nSPS) is 18.2. The van der Waals surface area contributed by atoms with E-state index in [4.69, 9.17) is 4.52 Å². The van der Waals surface area contributed by atoms with Gasteiger partial charge in [-0.25, -0.2) is 0 Å².